The molecular weight excluding hydrogens is 640 g/mol. The van der Waals surface area contributed by atoms with Crippen LogP contribution in [0.1, 0.15) is 53.7 Å². The monoisotopic (exact) mass is 684 g/mol. The van der Waals surface area contributed by atoms with Gasteiger partial charge in [0.1, 0.15) is 24.1 Å². The number of benzene rings is 2. The predicted octanol–water partition coefficient (Wildman–Crippen LogP) is 1.03. The zero-order valence-electron chi connectivity index (χ0n) is 27.7. The average molecular weight is 685 g/mol. The quantitative estimate of drug-likeness (QED) is 0.212. The van der Waals surface area contributed by atoms with Crippen molar-refractivity contribution < 1.29 is 33.5 Å². The van der Waals surface area contributed by atoms with Crippen molar-refractivity contribution >= 4 is 29.5 Å². The second-order valence-electron chi connectivity index (χ2n) is 12.8. The van der Waals surface area contributed by atoms with Gasteiger partial charge < -0.3 is 36.5 Å². The van der Waals surface area contributed by atoms with Crippen LogP contribution in [0.25, 0.3) is 0 Å². The van der Waals surface area contributed by atoms with E-state index in [1.165, 1.54) is 18.4 Å². The van der Waals surface area contributed by atoms with E-state index in [-0.39, 0.29) is 56.1 Å². The minimum atomic E-state index is -1.05. The summed E-state index contributed by atoms with van der Waals surface area (Å²) < 4.78 is 5.48. The number of aliphatic hydroxyl groups excluding tert-OH is 1. The Labute approximate surface area is 290 Å². The molecule has 1 aromatic heterocycles. The van der Waals surface area contributed by atoms with Crippen molar-refractivity contribution in [1.29, 1.82) is 0 Å². The lowest BCUT2D eigenvalue weighted by Gasteiger charge is -2.30. The highest BCUT2D eigenvalue weighted by Gasteiger charge is 2.30. The van der Waals surface area contributed by atoms with Gasteiger partial charge in [-0.05, 0) is 66.1 Å². The Hall–Kier alpha value is -5.27. The van der Waals surface area contributed by atoms with E-state index in [4.69, 9.17) is 10.2 Å². The Bertz CT molecular complexity index is 1670. The molecule has 5 amide bonds. The van der Waals surface area contributed by atoms with Gasteiger partial charge >= 0.3 is 0 Å². The van der Waals surface area contributed by atoms with Crippen LogP contribution < -0.4 is 32.3 Å². The summed E-state index contributed by atoms with van der Waals surface area (Å²) in [4.78, 5) is 64.8. The van der Waals surface area contributed by atoms with Crippen LogP contribution in [0.15, 0.2) is 83.5 Å². The molecule has 4 bridgehead atoms. The highest BCUT2D eigenvalue weighted by Crippen LogP contribution is 2.25. The number of rotatable bonds is 3. The number of carbonyl (C=O) groups excluding carboxylic acids is 5. The van der Waals surface area contributed by atoms with Gasteiger partial charge in [-0.25, -0.2) is 0 Å². The molecule has 0 radical (unpaired) electrons. The molecule has 13 nitrogen and oxygen atoms in total. The number of primary amides is 1. The van der Waals surface area contributed by atoms with Gasteiger partial charge in [0, 0.05) is 44.0 Å². The maximum absolute atomic E-state index is 13.5. The normalized spacial score (nSPS) is 25.2. The summed E-state index contributed by atoms with van der Waals surface area (Å²) in [5.74, 6) is -1.90. The summed E-state index contributed by atoms with van der Waals surface area (Å²) >= 11 is 0. The van der Waals surface area contributed by atoms with Crippen LogP contribution in [-0.2, 0) is 56.3 Å². The van der Waals surface area contributed by atoms with E-state index in [1.54, 1.807) is 48.5 Å². The van der Waals surface area contributed by atoms with E-state index in [2.05, 4.69) is 26.6 Å². The van der Waals surface area contributed by atoms with Gasteiger partial charge in [0.05, 0.1) is 12.7 Å². The summed E-state index contributed by atoms with van der Waals surface area (Å²) in [6.45, 7) is 0.351. The first-order chi connectivity index (χ1) is 24.1. The number of nitrogens with two attached hydrogens (primary N) is 1. The second-order valence-corrected chi connectivity index (χ2v) is 12.8. The fraction of sp³-hybridized carbons (Fsp3) is 0.378. The molecule has 13 heteroatoms. The van der Waals surface area contributed by atoms with E-state index in [0.29, 0.717) is 42.6 Å². The summed E-state index contributed by atoms with van der Waals surface area (Å²) in [6.07, 6.45) is 5.74. The minimum Gasteiger partial charge on any atom is -0.469 e. The molecule has 4 aliphatic rings. The molecule has 264 valence electrons. The number of nitrogens with one attached hydrogen (secondary N) is 5. The number of fused-ring (bicyclic) bond motifs is 2. The molecule has 0 saturated heterocycles. The average Bonchev–Trinajstić information content (AvgIpc) is 3.62. The summed E-state index contributed by atoms with van der Waals surface area (Å²) in [7, 11) is 0. The Morgan fingerprint density at radius 1 is 0.820 bits per heavy atom. The van der Waals surface area contributed by atoms with Crippen molar-refractivity contribution in [3.05, 3.63) is 107 Å². The number of hydrogen-bond donors (Lipinski definition) is 7. The third kappa shape index (κ3) is 10.6. The van der Waals surface area contributed by atoms with Crippen LogP contribution in [-0.4, -0.2) is 59.0 Å². The summed E-state index contributed by atoms with van der Waals surface area (Å²) in [5, 5.41) is 24.9. The molecular formula is C37H44N6O7. The van der Waals surface area contributed by atoms with Crippen LogP contribution in [0.2, 0.25) is 0 Å². The number of hydrogen-bond acceptors (Lipinski definition) is 8. The minimum absolute atomic E-state index is 0.0503. The van der Waals surface area contributed by atoms with Gasteiger partial charge in [0.2, 0.25) is 29.5 Å². The summed E-state index contributed by atoms with van der Waals surface area (Å²) in [6, 6.07) is 15.9. The lowest BCUT2D eigenvalue weighted by atomic mass is 9.85. The lowest BCUT2D eigenvalue weighted by molar-refractivity contribution is -0.132. The first-order valence-corrected chi connectivity index (χ1v) is 16.9. The van der Waals surface area contributed by atoms with Crippen molar-refractivity contribution in [2.24, 2.45) is 11.7 Å². The molecule has 2 aromatic carbocycles. The summed E-state index contributed by atoms with van der Waals surface area (Å²) in [5.41, 5.74) is 8.59. The first-order valence-electron chi connectivity index (χ1n) is 16.9. The number of carbonyl (C=O) groups is 5. The molecule has 1 unspecified atom stereocenters. The van der Waals surface area contributed by atoms with Gasteiger partial charge in [-0.2, -0.15) is 0 Å². The maximum Gasteiger partial charge on any atom is 0.244 e. The van der Waals surface area contributed by atoms with Crippen LogP contribution in [0.3, 0.4) is 0 Å². The highest BCUT2D eigenvalue weighted by atomic mass is 16.3. The van der Waals surface area contributed by atoms with Gasteiger partial charge in [-0.15, -0.1) is 0 Å². The van der Waals surface area contributed by atoms with Gasteiger partial charge in [0.15, 0.2) is 0 Å². The Morgan fingerprint density at radius 3 is 2.24 bits per heavy atom. The largest absolute Gasteiger partial charge is 0.469 e. The third-order valence-corrected chi connectivity index (χ3v) is 9.08. The smallest absolute Gasteiger partial charge is 0.244 e. The molecule has 0 spiro atoms. The zero-order valence-corrected chi connectivity index (χ0v) is 27.7. The molecule has 3 aliphatic heterocycles. The van der Waals surface area contributed by atoms with Crippen LogP contribution in [0, 0.1) is 5.92 Å². The van der Waals surface area contributed by atoms with E-state index >= 15 is 0 Å². The van der Waals surface area contributed by atoms with E-state index in [9.17, 15) is 29.1 Å². The molecule has 3 atom stereocenters. The molecule has 50 heavy (non-hydrogen) atoms. The molecule has 8 N–H and O–H groups in total. The Balaban J connectivity index is 1.34. The van der Waals surface area contributed by atoms with Gasteiger partial charge in [-0.3, -0.25) is 29.3 Å². The zero-order chi connectivity index (χ0) is 35.5. The lowest BCUT2D eigenvalue weighted by Crippen LogP contribution is -2.50. The van der Waals surface area contributed by atoms with Crippen LogP contribution >= 0.6 is 0 Å². The molecule has 3 aromatic rings. The van der Waals surface area contributed by atoms with Crippen molar-refractivity contribution in [3.63, 3.8) is 0 Å². The fourth-order valence-electron chi connectivity index (χ4n) is 6.25. The second kappa shape index (κ2) is 17.4. The van der Waals surface area contributed by atoms with E-state index in [1.807, 2.05) is 12.1 Å². The SMILES string of the molecule is NC(=O)[C@@H]1Cc2ccc(cc2)CNC(=O)/C=C/C(O)N[C@H]2CC[C@H](CC2)C(=O)N[C@@H](Cc2ccco2)C(=O)NCc2ccccc2CC(=O)N1. The fourth-order valence-corrected chi connectivity index (χ4v) is 6.25. The van der Waals surface area contributed by atoms with Crippen LogP contribution in [0.4, 0.5) is 0 Å². The molecule has 4 heterocycles. The first kappa shape index (κ1) is 36.0. The van der Waals surface area contributed by atoms with E-state index < -0.39 is 36.0 Å². The standard InChI is InChI=1S/C37H44N6O7/c38-35(47)30-18-23-7-9-24(10-8-23)21-39-32(44)15-16-33(45)41-28-13-11-25(12-14-28)36(48)43-31(20-29-6-3-17-50-29)37(49)40-22-27-5-2-1-4-26(27)19-34(46)42-30/h1-10,15-17,25,28,30-31,33,41,45H,11-14,18-22H2,(H2,38,47)(H,39,44)(H,40,49)(H,42,46)(H,43,48)/b16-15+/t25-,28+,30-,31-,33?/m0/s1. The molecule has 1 saturated carbocycles. The van der Waals surface area contributed by atoms with Crippen molar-refractivity contribution in [3.8, 4) is 0 Å². The molecule has 7 rings (SSSR count). The van der Waals surface area contributed by atoms with Crippen molar-refractivity contribution in [2.45, 2.75) is 82.4 Å². The maximum atomic E-state index is 13.5. The van der Waals surface area contributed by atoms with Crippen LogP contribution in [0.5, 0.6) is 0 Å². The Morgan fingerprint density at radius 2 is 1.54 bits per heavy atom. The Kier molecular flexibility index (Phi) is 12.5. The highest BCUT2D eigenvalue weighted by molar-refractivity contribution is 5.89. The topological polar surface area (TPSA) is 205 Å². The van der Waals surface area contributed by atoms with Gasteiger partial charge in [0.25, 0.3) is 0 Å². The van der Waals surface area contributed by atoms with Crippen molar-refractivity contribution in [2.75, 3.05) is 0 Å². The van der Waals surface area contributed by atoms with Gasteiger partial charge in [-0.1, -0.05) is 48.5 Å². The third-order valence-electron chi connectivity index (χ3n) is 9.08. The van der Waals surface area contributed by atoms with E-state index in [0.717, 1.165) is 11.1 Å². The molecule has 1 fully saturated rings. The number of aliphatic hydroxyl groups is 1. The number of amides is 5. The predicted molar refractivity (Wildman–Crippen MR) is 183 cm³/mol. The molecule has 1 aliphatic carbocycles. The van der Waals surface area contributed by atoms with Crippen molar-refractivity contribution in [1.82, 2.24) is 26.6 Å². The number of furan rings is 1.